The van der Waals surface area contributed by atoms with Crippen LogP contribution in [-0.4, -0.2) is 80.3 Å². The average Bonchev–Trinajstić information content (AvgIpc) is 3.39. The van der Waals surface area contributed by atoms with Crippen LogP contribution in [-0.2, 0) is 19.1 Å². The van der Waals surface area contributed by atoms with Crippen LogP contribution in [0.5, 0.6) is 0 Å². The first kappa shape index (κ1) is 29.6. The van der Waals surface area contributed by atoms with Crippen molar-refractivity contribution in [2.45, 2.75) is 88.5 Å². The number of carbonyl (C=O) groups excluding carboxylic acids is 4. The van der Waals surface area contributed by atoms with Crippen LogP contribution in [0.25, 0.3) is 0 Å². The minimum Gasteiger partial charge on any atom is -0.444 e. The molecule has 2 heterocycles. The molecule has 0 aliphatic carbocycles. The Labute approximate surface area is 216 Å². The zero-order chi connectivity index (χ0) is 26.2. The lowest BCUT2D eigenvalue weighted by Gasteiger charge is -2.31. The van der Waals surface area contributed by atoms with Gasteiger partial charge in [-0.05, 0) is 39.5 Å². The molecule has 0 saturated carbocycles. The summed E-state index contributed by atoms with van der Waals surface area (Å²) < 4.78 is 5.15. The molecule has 200 valence electrons. The maximum Gasteiger partial charge on any atom is 0.408 e. The first-order chi connectivity index (χ1) is 16.4. The monoisotopic (exact) mass is 532 g/mol. The number of nitrogens with zero attached hydrogens (tertiary/aromatic N) is 1. The van der Waals surface area contributed by atoms with Crippen molar-refractivity contribution in [1.82, 2.24) is 21.0 Å². The predicted octanol–water partition coefficient (Wildman–Crippen LogP) is 2.49. The van der Waals surface area contributed by atoms with Gasteiger partial charge in [0.25, 0.3) is 0 Å². The third kappa shape index (κ3) is 9.05. The summed E-state index contributed by atoms with van der Waals surface area (Å²) in [6.07, 6.45) is 2.17. The quantitative estimate of drug-likeness (QED) is 0.191. The number of hydrogen-bond acceptors (Lipinski definition) is 8. The molecule has 4 amide bonds. The van der Waals surface area contributed by atoms with E-state index >= 15 is 0 Å². The summed E-state index contributed by atoms with van der Waals surface area (Å²) in [4.78, 5) is 51.9. The fraction of sp³-hybridized carbons (Fsp3) is 0.826. The number of amides is 4. The molecule has 2 fully saturated rings. The second-order valence-corrected chi connectivity index (χ2v) is 13.5. The van der Waals surface area contributed by atoms with Crippen LogP contribution in [0.3, 0.4) is 0 Å². The molecule has 1 spiro atoms. The highest BCUT2D eigenvalue weighted by Gasteiger charge is 2.52. The van der Waals surface area contributed by atoms with Gasteiger partial charge in [0.05, 0.1) is 4.08 Å². The standard InChI is InChI=1S/C23H40N4O6S2/c1-15(2)18(25-21(31)33-22(3,4)5)20(30)27-14-23(34-11-12-35-23)13-16(27)19(29)24-10-8-6-7-9-17(28)26-32/h15-16,18,32H,6-14H2,1-5H3,(H,24,29)(H,25,31)(H,26,28)/t16-,18-/m0/s1. The Hall–Kier alpha value is -1.66. The topological polar surface area (TPSA) is 137 Å². The van der Waals surface area contributed by atoms with Crippen molar-refractivity contribution in [1.29, 1.82) is 0 Å². The van der Waals surface area contributed by atoms with Crippen molar-refractivity contribution < 1.29 is 29.1 Å². The fourth-order valence-corrected chi connectivity index (χ4v) is 7.37. The average molecular weight is 533 g/mol. The Morgan fingerprint density at radius 1 is 1.11 bits per heavy atom. The molecule has 2 atom stereocenters. The molecular weight excluding hydrogens is 492 g/mol. The smallest absolute Gasteiger partial charge is 0.408 e. The van der Waals surface area contributed by atoms with Gasteiger partial charge in [0.1, 0.15) is 17.7 Å². The maximum atomic E-state index is 13.6. The number of ether oxygens (including phenoxy) is 1. The van der Waals surface area contributed by atoms with E-state index in [2.05, 4.69) is 10.6 Å². The van der Waals surface area contributed by atoms with Gasteiger partial charge < -0.3 is 20.3 Å². The fourth-order valence-electron chi connectivity index (χ4n) is 4.11. The number of hydrogen-bond donors (Lipinski definition) is 4. The third-order valence-electron chi connectivity index (χ3n) is 5.80. The van der Waals surface area contributed by atoms with Crippen LogP contribution in [0.1, 0.15) is 66.7 Å². The van der Waals surface area contributed by atoms with Crippen molar-refractivity contribution in [2.75, 3.05) is 24.6 Å². The number of likely N-dealkylation sites (tertiary alicyclic amines) is 1. The molecule has 2 saturated heterocycles. The predicted molar refractivity (Wildman–Crippen MR) is 137 cm³/mol. The Balaban J connectivity index is 2.04. The van der Waals surface area contributed by atoms with Gasteiger partial charge in [-0.2, -0.15) is 0 Å². The van der Waals surface area contributed by atoms with Crippen LogP contribution >= 0.6 is 23.5 Å². The summed E-state index contributed by atoms with van der Waals surface area (Å²) in [7, 11) is 0. The van der Waals surface area contributed by atoms with Crippen molar-refractivity contribution in [2.24, 2.45) is 5.92 Å². The largest absolute Gasteiger partial charge is 0.444 e. The van der Waals surface area contributed by atoms with E-state index < -0.39 is 29.7 Å². The lowest BCUT2D eigenvalue weighted by Crippen LogP contribution is -2.56. The number of unbranched alkanes of at least 4 members (excludes halogenated alkanes) is 2. The lowest BCUT2D eigenvalue weighted by molar-refractivity contribution is -0.140. The van der Waals surface area contributed by atoms with E-state index in [4.69, 9.17) is 9.94 Å². The Kier molecular flexibility index (Phi) is 11.0. The number of alkyl carbamates (subject to hydrolysis) is 1. The van der Waals surface area contributed by atoms with E-state index in [0.29, 0.717) is 32.4 Å². The van der Waals surface area contributed by atoms with E-state index in [1.165, 1.54) is 0 Å². The van der Waals surface area contributed by atoms with Crippen LogP contribution in [0.15, 0.2) is 0 Å². The summed E-state index contributed by atoms with van der Waals surface area (Å²) in [5.41, 5.74) is 0.919. The second kappa shape index (κ2) is 13.0. The lowest BCUT2D eigenvalue weighted by atomic mass is 10.0. The first-order valence-electron chi connectivity index (χ1n) is 12.2. The highest BCUT2D eigenvalue weighted by atomic mass is 32.2. The number of carbonyl (C=O) groups is 4. The number of rotatable bonds is 10. The molecule has 0 aromatic rings. The van der Waals surface area contributed by atoms with Crippen molar-refractivity contribution in [3.63, 3.8) is 0 Å². The van der Waals surface area contributed by atoms with Crippen molar-refractivity contribution in [3.05, 3.63) is 0 Å². The molecule has 4 N–H and O–H groups in total. The normalized spacial score (nSPS) is 20.1. The second-order valence-electron chi connectivity index (χ2n) is 10.3. The Morgan fingerprint density at radius 3 is 2.34 bits per heavy atom. The van der Waals surface area contributed by atoms with Crippen molar-refractivity contribution >= 4 is 47.3 Å². The van der Waals surface area contributed by atoms with Gasteiger partial charge in [-0.1, -0.05) is 20.3 Å². The Bertz CT molecular complexity index is 768. The van der Waals surface area contributed by atoms with Crippen LogP contribution in [0.4, 0.5) is 4.79 Å². The van der Waals surface area contributed by atoms with E-state index in [0.717, 1.165) is 17.9 Å². The SMILES string of the molecule is CC(C)[C@H](NC(=O)OC(C)(C)C)C(=O)N1CC2(C[C@H]1C(=O)NCCCCCC(=O)NO)SCCS2. The minimum atomic E-state index is -0.802. The molecule has 0 aromatic carbocycles. The van der Waals surface area contributed by atoms with Crippen LogP contribution in [0.2, 0.25) is 0 Å². The molecule has 0 bridgehead atoms. The molecule has 10 nitrogen and oxygen atoms in total. The molecule has 0 aromatic heterocycles. The summed E-state index contributed by atoms with van der Waals surface area (Å²) in [6.45, 7) is 9.90. The van der Waals surface area contributed by atoms with Crippen molar-refractivity contribution in [3.8, 4) is 0 Å². The highest BCUT2D eigenvalue weighted by molar-refractivity contribution is 8.21. The zero-order valence-corrected chi connectivity index (χ0v) is 23.0. The van der Waals surface area contributed by atoms with E-state index in [1.807, 2.05) is 13.8 Å². The summed E-state index contributed by atoms with van der Waals surface area (Å²) in [6, 6.07) is -1.41. The van der Waals surface area contributed by atoms with Gasteiger partial charge >= 0.3 is 6.09 Å². The number of nitrogens with one attached hydrogen (secondary N) is 3. The summed E-state index contributed by atoms with van der Waals surface area (Å²) in [5, 5.41) is 14.2. The van der Waals surface area contributed by atoms with Gasteiger partial charge in [-0.15, -0.1) is 23.5 Å². The van der Waals surface area contributed by atoms with Gasteiger partial charge in [-0.25, -0.2) is 10.3 Å². The molecule has 2 aliphatic heterocycles. The molecule has 35 heavy (non-hydrogen) atoms. The van der Waals surface area contributed by atoms with Gasteiger partial charge in [0, 0.05) is 37.4 Å². The zero-order valence-electron chi connectivity index (χ0n) is 21.3. The van der Waals surface area contributed by atoms with E-state index in [9.17, 15) is 19.2 Å². The van der Waals surface area contributed by atoms with E-state index in [1.54, 1.807) is 54.7 Å². The van der Waals surface area contributed by atoms with Gasteiger partial charge in [0.15, 0.2) is 0 Å². The number of hydroxylamine groups is 1. The maximum absolute atomic E-state index is 13.6. The number of thioether (sulfide) groups is 2. The van der Waals surface area contributed by atoms with Crippen LogP contribution in [0, 0.1) is 5.92 Å². The molecule has 2 aliphatic rings. The summed E-state index contributed by atoms with van der Waals surface area (Å²) >= 11 is 3.59. The van der Waals surface area contributed by atoms with Gasteiger partial charge in [-0.3, -0.25) is 19.6 Å². The molecule has 12 heteroatoms. The summed E-state index contributed by atoms with van der Waals surface area (Å²) in [5.74, 6) is 0.876. The molecule has 0 radical (unpaired) electrons. The van der Waals surface area contributed by atoms with E-state index in [-0.39, 0.29) is 28.2 Å². The third-order valence-corrected chi connectivity index (χ3v) is 9.23. The molecular formula is C23H40N4O6S2. The molecule has 2 rings (SSSR count). The highest BCUT2D eigenvalue weighted by Crippen LogP contribution is 2.52. The minimum absolute atomic E-state index is 0.185. The van der Waals surface area contributed by atoms with Crippen LogP contribution < -0.4 is 16.1 Å². The Morgan fingerprint density at radius 2 is 1.77 bits per heavy atom. The molecule has 0 unspecified atom stereocenters. The van der Waals surface area contributed by atoms with Gasteiger partial charge in [0.2, 0.25) is 17.7 Å². The first-order valence-corrected chi connectivity index (χ1v) is 14.1.